The zero-order valence-corrected chi connectivity index (χ0v) is 14.1. The third kappa shape index (κ3) is 3.64. The molecule has 6 nitrogen and oxygen atoms in total. The quantitative estimate of drug-likeness (QED) is 0.759. The fourth-order valence-electron chi connectivity index (χ4n) is 2.09. The Bertz CT molecular complexity index is 987. The molecule has 0 atom stereocenters. The van der Waals surface area contributed by atoms with Crippen molar-refractivity contribution < 1.29 is 4.79 Å². The normalized spacial score (nSPS) is 10.5. The van der Waals surface area contributed by atoms with E-state index in [2.05, 4.69) is 10.3 Å². The molecule has 0 aliphatic heterocycles. The van der Waals surface area contributed by atoms with E-state index < -0.39 is 0 Å². The Morgan fingerprint density at radius 2 is 2.25 bits per heavy atom. The minimum absolute atomic E-state index is 0.121. The van der Waals surface area contributed by atoms with E-state index in [1.807, 2.05) is 6.07 Å². The first kappa shape index (κ1) is 16.2. The average molecular weight is 356 g/mol. The predicted molar refractivity (Wildman–Crippen MR) is 95.3 cm³/mol. The molecule has 3 aromatic rings. The van der Waals surface area contributed by atoms with Gasteiger partial charge >= 0.3 is 0 Å². The second-order valence-corrected chi connectivity index (χ2v) is 6.70. The number of benzene rings is 1. The molecule has 1 aromatic carbocycles. The number of para-hydroxylation sites is 1. The van der Waals surface area contributed by atoms with Crippen molar-refractivity contribution in [2.75, 3.05) is 11.1 Å². The lowest BCUT2D eigenvalue weighted by atomic mass is 10.2. The first-order chi connectivity index (χ1) is 11.7. The molecular formula is C16H12N4O2S2. The highest BCUT2D eigenvalue weighted by Crippen LogP contribution is 2.16. The minimum atomic E-state index is -0.198. The van der Waals surface area contributed by atoms with Crippen molar-refractivity contribution in [3.8, 4) is 6.07 Å². The Kier molecular flexibility index (Phi) is 4.93. The smallest absolute Gasteiger partial charge is 0.258 e. The number of hydrogen-bond acceptors (Lipinski definition) is 6. The average Bonchev–Trinajstić information content (AvgIpc) is 3.04. The van der Waals surface area contributed by atoms with Gasteiger partial charge in [-0.3, -0.25) is 14.0 Å². The molecular weight excluding hydrogens is 344 g/mol. The van der Waals surface area contributed by atoms with Gasteiger partial charge in [-0.25, -0.2) is 4.98 Å². The van der Waals surface area contributed by atoms with Gasteiger partial charge in [-0.1, -0.05) is 12.1 Å². The summed E-state index contributed by atoms with van der Waals surface area (Å²) < 4.78 is 1.49. The summed E-state index contributed by atoms with van der Waals surface area (Å²) in [6.45, 7) is 0. The number of nitrogens with zero attached hydrogens (tertiary/aromatic N) is 3. The van der Waals surface area contributed by atoms with Crippen molar-refractivity contribution >= 4 is 39.7 Å². The van der Waals surface area contributed by atoms with E-state index in [0.29, 0.717) is 27.7 Å². The monoisotopic (exact) mass is 356 g/mol. The van der Waals surface area contributed by atoms with Gasteiger partial charge in [-0.05, 0) is 12.1 Å². The molecule has 120 valence electrons. The third-order valence-corrected chi connectivity index (χ3v) is 4.88. The molecule has 1 amide bonds. The van der Waals surface area contributed by atoms with Crippen LogP contribution in [-0.2, 0) is 10.5 Å². The highest BCUT2D eigenvalue weighted by molar-refractivity contribution is 7.99. The van der Waals surface area contributed by atoms with Gasteiger partial charge in [0.15, 0.2) is 4.96 Å². The predicted octanol–water partition coefficient (Wildman–Crippen LogP) is 2.50. The molecule has 1 N–H and O–H groups in total. The Morgan fingerprint density at radius 3 is 3.08 bits per heavy atom. The van der Waals surface area contributed by atoms with Gasteiger partial charge in [0.25, 0.3) is 5.56 Å². The summed E-state index contributed by atoms with van der Waals surface area (Å²) in [4.78, 5) is 28.9. The summed E-state index contributed by atoms with van der Waals surface area (Å²) in [6.07, 6.45) is 1.69. The van der Waals surface area contributed by atoms with Gasteiger partial charge in [-0.15, -0.1) is 23.1 Å². The Morgan fingerprint density at radius 1 is 1.42 bits per heavy atom. The van der Waals surface area contributed by atoms with Crippen molar-refractivity contribution in [3.05, 3.63) is 63.5 Å². The summed E-state index contributed by atoms with van der Waals surface area (Å²) >= 11 is 2.76. The summed E-state index contributed by atoms with van der Waals surface area (Å²) in [5, 5.41) is 13.5. The molecule has 0 saturated carbocycles. The standard InChI is InChI=1S/C16H12N4O2S2/c17-8-11-3-1-2-4-13(11)19-14(21)10-23-9-12-7-15(22)20-5-6-24-16(20)18-12/h1-7H,9-10H2,(H,19,21). The molecule has 2 heterocycles. The number of fused-ring (bicyclic) bond motifs is 1. The summed E-state index contributed by atoms with van der Waals surface area (Å²) in [5.41, 5.74) is 1.46. The number of nitrogens with one attached hydrogen (secondary N) is 1. The summed E-state index contributed by atoms with van der Waals surface area (Å²) in [5.74, 6) is 0.485. The largest absolute Gasteiger partial charge is 0.324 e. The van der Waals surface area contributed by atoms with Gasteiger partial charge in [0, 0.05) is 23.4 Å². The summed E-state index contributed by atoms with van der Waals surface area (Å²) in [7, 11) is 0. The van der Waals surface area contributed by atoms with E-state index in [4.69, 9.17) is 5.26 Å². The second-order valence-electron chi connectivity index (χ2n) is 4.84. The molecule has 0 aliphatic carbocycles. The zero-order valence-electron chi connectivity index (χ0n) is 12.4. The van der Waals surface area contributed by atoms with Crippen LogP contribution in [0.3, 0.4) is 0 Å². The van der Waals surface area contributed by atoms with E-state index in [-0.39, 0.29) is 17.2 Å². The van der Waals surface area contributed by atoms with Gasteiger partial charge in [0.2, 0.25) is 5.91 Å². The number of thioether (sulfide) groups is 1. The fraction of sp³-hybridized carbons (Fsp3) is 0.125. The van der Waals surface area contributed by atoms with E-state index >= 15 is 0 Å². The minimum Gasteiger partial charge on any atom is -0.324 e. The molecule has 0 spiro atoms. The molecule has 2 aromatic heterocycles. The van der Waals surface area contributed by atoms with E-state index in [1.165, 1.54) is 33.6 Å². The fourth-order valence-corrected chi connectivity index (χ4v) is 3.54. The number of amides is 1. The van der Waals surface area contributed by atoms with Crippen LogP contribution in [0.25, 0.3) is 4.96 Å². The maximum atomic E-state index is 12.0. The van der Waals surface area contributed by atoms with Crippen molar-refractivity contribution in [2.24, 2.45) is 0 Å². The van der Waals surface area contributed by atoms with Crippen LogP contribution in [-0.4, -0.2) is 21.0 Å². The Hall–Kier alpha value is -2.63. The van der Waals surface area contributed by atoms with Crippen molar-refractivity contribution in [1.29, 1.82) is 5.26 Å². The van der Waals surface area contributed by atoms with Gasteiger partial charge in [0.05, 0.1) is 22.7 Å². The third-order valence-electron chi connectivity index (χ3n) is 3.16. The van der Waals surface area contributed by atoms with Crippen molar-refractivity contribution in [1.82, 2.24) is 9.38 Å². The Balaban J connectivity index is 1.58. The highest BCUT2D eigenvalue weighted by atomic mass is 32.2. The van der Waals surface area contributed by atoms with Crippen LogP contribution in [0.5, 0.6) is 0 Å². The second kappa shape index (κ2) is 7.29. The number of thiazole rings is 1. The number of anilines is 1. The first-order valence-corrected chi connectivity index (χ1v) is 9.03. The topological polar surface area (TPSA) is 87.3 Å². The van der Waals surface area contributed by atoms with Gasteiger partial charge < -0.3 is 5.32 Å². The number of hydrogen-bond donors (Lipinski definition) is 1. The summed E-state index contributed by atoms with van der Waals surface area (Å²) in [6, 6.07) is 10.4. The van der Waals surface area contributed by atoms with E-state index in [1.54, 1.807) is 35.8 Å². The molecule has 0 saturated heterocycles. The Labute approximate surface area is 145 Å². The van der Waals surface area contributed by atoms with Crippen LogP contribution in [0.4, 0.5) is 5.69 Å². The number of aromatic nitrogens is 2. The number of carbonyl (C=O) groups is 1. The molecule has 0 fully saturated rings. The first-order valence-electron chi connectivity index (χ1n) is 7.00. The molecule has 8 heteroatoms. The number of carbonyl (C=O) groups excluding carboxylic acids is 1. The van der Waals surface area contributed by atoms with Crippen LogP contribution in [0, 0.1) is 11.3 Å². The lowest BCUT2D eigenvalue weighted by Crippen LogP contribution is -2.16. The molecule has 0 bridgehead atoms. The molecule has 3 rings (SSSR count). The maximum absolute atomic E-state index is 12.0. The number of nitriles is 1. The number of rotatable bonds is 5. The van der Waals surface area contributed by atoms with Crippen LogP contribution in [0.15, 0.2) is 46.7 Å². The van der Waals surface area contributed by atoms with Crippen LogP contribution in [0.2, 0.25) is 0 Å². The van der Waals surface area contributed by atoms with Crippen LogP contribution >= 0.6 is 23.1 Å². The molecule has 0 aliphatic rings. The zero-order chi connectivity index (χ0) is 16.9. The highest BCUT2D eigenvalue weighted by Gasteiger charge is 2.08. The van der Waals surface area contributed by atoms with Crippen LogP contribution < -0.4 is 10.9 Å². The van der Waals surface area contributed by atoms with Crippen molar-refractivity contribution in [3.63, 3.8) is 0 Å². The SMILES string of the molecule is N#Cc1ccccc1NC(=O)CSCc1cc(=O)n2ccsc2n1. The van der Waals surface area contributed by atoms with Gasteiger partial charge in [0.1, 0.15) is 6.07 Å². The van der Waals surface area contributed by atoms with Gasteiger partial charge in [-0.2, -0.15) is 5.26 Å². The van der Waals surface area contributed by atoms with E-state index in [0.717, 1.165) is 0 Å². The lowest BCUT2D eigenvalue weighted by Gasteiger charge is -2.06. The van der Waals surface area contributed by atoms with E-state index in [9.17, 15) is 9.59 Å². The van der Waals surface area contributed by atoms with Crippen molar-refractivity contribution in [2.45, 2.75) is 5.75 Å². The lowest BCUT2D eigenvalue weighted by molar-refractivity contribution is -0.113. The molecule has 24 heavy (non-hydrogen) atoms. The molecule has 0 unspecified atom stereocenters. The maximum Gasteiger partial charge on any atom is 0.258 e. The van der Waals surface area contributed by atoms with Crippen LogP contribution in [0.1, 0.15) is 11.3 Å². The molecule has 0 radical (unpaired) electrons.